The van der Waals surface area contributed by atoms with E-state index in [4.69, 9.17) is 0 Å². The van der Waals surface area contributed by atoms with Gasteiger partial charge in [0.05, 0.1) is 6.10 Å². The van der Waals surface area contributed by atoms with E-state index >= 15 is 0 Å². The van der Waals surface area contributed by atoms with Crippen LogP contribution in [0.5, 0.6) is 0 Å². The van der Waals surface area contributed by atoms with Crippen molar-refractivity contribution in [1.29, 1.82) is 0 Å². The van der Waals surface area contributed by atoms with E-state index in [2.05, 4.69) is 0 Å². The molecule has 1 N–H and O–H groups in total. The minimum Gasteiger partial charge on any atom is -0.393 e. The Labute approximate surface area is 90.9 Å². The van der Waals surface area contributed by atoms with Crippen molar-refractivity contribution in [2.45, 2.75) is 52.6 Å². The first-order valence-electron chi connectivity index (χ1n) is 5.56. The number of rotatable bonds is 4. The molecule has 1 saturated carbocycles. The summed E-state index contributed by atoms with van der Waals surface area (Å²) in [6.07, 6.45) is 2.07. The number of carbonyl (C=O) groups excluding carboxylic acids is 2. The number of carbonyl (C=O) groups is 2. The van der Waals surface area contributed by atoms with Gasteiger partial charge in [-0.2, -0.15) is 0 Å². The molecule has 0 aliphatic heterocycles. The van der Waals surface area contributed by atoms with Gasteiger partial charge in [-0.1, -0.05) is 6.92 Å². The standard InChI is InChI=1S/C12H20O3/c1-8(13)6-7-12(3)10(9(2)14)4-5-11(12)15/h10-11,15H,4-7H2,1-3H3. The van der Waals surface area contributed by atoms with Crippen LogP contribution in [0.1, 0.15) is 46.5 Å². The number of aliphatic hydroxyl groups excluding tert-OH is 1. The normalized spacial score (nSPS) is 35.5. The van der Waals surface area contributed by atoms with Crippen molar-refractivity contribution in [1.82, 2.24) is 0 Å². The molecule has 0 heterocycles. The molecule has 15 heavy (non-hydrogen) atoms. The molecule has 1 fully saturated rings. The third-order valence-corrected chi connectivity index (χ3v) is 3.79. The Morgan fingerprint density at radius 2 is 1.93 bits per heavy atom. The van der Waals surface area contributed by atoms with Crippen LogP contribution in [0.3, 0.4) is 0 Å². The highest BCUT2D eigenvalue weighted by Crippen LogP contribution is 2.47. The maximum absolute atomic E-state index is 11.5. The lowest BCUT2D eigenvalue weighted by Gasteiger charge is -2.33. The quantitative estimate of drug-likeness (QED) is 0.772. The van der Waals surface area contributed by atoms with Crippen LogP contribution in [0.15, 0.2) is 0 Å². The molecule has 0 radical (unpaired) electrons. The Hall–Kier alpha value is -0.700. The molecule has 1 aliphatic rings. The minimum atomic E-state index is -0.439. The van der Waals surface area contributed by atoms with Crippen LogP contribution in [0.4, 0.5) is 0 Å². The second-order valence-electron chi connectivity index (χ2n) is 4.96. The summed E-state index contributed by atoms with van der Waals surface area (Å²) in [5.41, 5.74) is -0.391. The monoisotopic (exact) mass is 212 g/mol. The van der Waals surface area contributed by atoms with Gasteiger partial charge in [0, 0.05) is 17.8 Å². The van der Waals surface area contributed by atoms with Gasteiger partial charge in [0.1, 0.15) is 11.6 Å². The zero-order chi connectivity index (χ0) is 11.6. The Morgan fingerprint density at radius 3 is 2.40 bits per heavy atom. The van der Waals surface area contributed by atoms with Crippen LogP contribution in [-0.2, 0) is 9.59 Å². The number of aliphatic hydroxyl groups is 1. The summed E-state index contributed by atoms with van der Waals surface area (Å²) in [5, 5.41) is 9.92. The van der Waals surface area contributed by atoms with Gasteiger partial charge in [0.25, 0.3) is 0 Å². The molecule has 0 spiro atoms. The Kier molecular flexibility index (Phi) is 3.66. The van der Waals surface area contributed by atoms with Crippen molar-refractivity contribution in [3.8, 4) is 0 Å². The lowest BCUT2D eigenvalue weighted by atomic mass is 9.73. The summed E-state index contributed by atoms with van der Waals surface area (Å²) in [6, 6.07) is 0. The van der Waals surface area contributed by atoms with Gasteiger partial charge in [-0.25, -0.2) is 0 Å². The molecule has 0 bridgehead atoms. The van der Waals surface area contributed by atoms with Gasteiger partial charge in [-0.3, -0.25) is 4.79 Å². The van der Waals surface area contributed by atoms with Crippen LogP contribution >= 0.6 is 0 Å². The number of ketones is 2. The fraction of sp³-hybridized carbons (Fsp3) is 0.833. The van der Waals surface area contributed by atoms with Crippen LogP contribution in [0, 0.1) is 11.3 Å². The van der Waals surface area contributed by atoms with E-state index in [0.717, 1.165) is 6.42 Å². The Morgan fingerprint density at radius 1 is 1.33 bits per heavy atom. The van der Waals surface area contributed by atoms with Gasteiger partial charge in [-0.15, -0.1) is 0 Å². The number of hydrogen-bond donors (Lipinski definition) is 1. The summed E-state index contributed by atoms with van der Waals surface area (Å²) < 4.78 is 0. The molecule has 0 aromatic carbocycles. The molecule has 3 nitrogen and oxygen atoms in total. The molecule has 1 rings (SSSR count). The molecule has 3 unspecified atom stereocenters. The zero-order valence-electron chi connectivity index (χ0n) is 9.75. The van der Waals surface area contributed by atoms with Crippen molar-refractivity contribution in [3.05, 3.63) is 0 Å². The van der Waals surface area contributed by atoms with Crippen molar-refractivity contribution >= 4 is 11.6 Å². The summed E-state index contributed by atoms with van der Waals surface area (Å²) >= 11 is 0. The van der Waals surface area contributed by atoms with Crippen LogP contribution in [-0.4, -0.2) is 22.8 Å². The van der Waals surface area contributed by atoms with Crippen molar-refractivity contribution < 1.29 is 14.7 Å². The van der Waals surface area contributed by atoms with E-state index in [1.165, 1.54) is 0 Å². The third-order valence-electron chi connectivity index (χ3n) is 3.79. The van der Waals surface area contributed by atoms with Crippen molar-refractivity contribution in [2.75, 3.05) is 0 Å². The molecule has 3 heteroatoms. The highest BCUT2D eigenvalue weighted by molar-refractivity contribution is 5.80. The molecule has 0 aromatic rings. The average Bonchev–Trinajstić information content (AvgIpc) is 2.41. The third kappa shape index (κ3) is 2.46. The second kappa shape index (κ2) is 4.44. The molecular weight excluding hydrogens is 192 g/mol. The smallest absolute Gasteiger partial charge is 0.133 e. The van der Waals surface area contributed by atoms with E-state index < -0.39 is 11.5 Å². The highest BCUT2D eigenvalue weighted by Gasteiger charge is 2.47. The Balaban J connectivity index is 2.75. The first-order chi connectivity index (χ1) is 6.88. The minimum absolute atomic E-state index is 0.0770. The van der Waals surface area contributed by atoms with E-state index in [1.54, 1.807) is 13.8 Å². The Bertz CT molecular complexity index is 272. The van der Waals surface area contributed by atoms with Gasteiger partial charge in [0.2, 0.25) is 0 Å². The zero-order valence-corrected chi connectivity index (χ0v) is 9.75. The first kappa shape index (κ1) is 12.4. The molecular formula is C12H20O3. The van der Waals surface area contributed by atoms with Gasteiger partial charge in [-0.05, 0) is 33.1 Å². The topological polar surface area (TPSA) is 54.4 Å². The van der Waals surface area contributed by atoms with Crippen molar-refractivity contribution in [2.24, 2.45) is 11.3 Å². The number of hydrogen-bond acceptors (Lipinski definition) is 3. The van der Waals surface area contributed by atoms with Gasteiger partial charge >= 0.3 is 0 Å². The summed E-state index contributed by atoms with van der Waals surface area (Å²) in [7, 11) is 0. The predicted molar refractivity (Wildman–Crippen MR) is 57.4 cm³/mol. The van der Waals surface area contributed by atoms with E-state index in [0.29, 0.717) is 19.3 Å². The fourth-order valence-electron chi connectivity index (χ4n) is 2.67. The largest absolute Gasteiger partial charge is 0.393 e. The van der Waals surface area contributed by atoms with Crippen molar-refractivity contribution in [3.63, 3.8) is 0 Å². The maximum atomic E-state index is 11.5. The van der Waals surface area contributed by atoms with Gasteiger partial charge < -0.3 is 9.90 Å². The predicted octanol–water partition coefficient (Wildman–Crippen LogP) is 1.72. The number of Topliss-reactive ketones (excluding diaryl/α,β-unsaturated/α-hetero) is 2. The summed E-state index contributed by atoms with van der Waals surface area (Å²) in [4.78, 5) is 22.4. The van der Waals surface area contributed by atoms with Crippen LogP contribution < -0.4 is 0 Å². The van der Waals surface area contributed by atoms with E-state index in [1.807, 2.05) is 6.92 Å². The SMILES string of the molecule is CC(=O)CCC1(C)C(O)CCC1C(C)=O. The molecule has 0 saturated heterocycles. The lowest BCUT2D eigenvalue weighted by molar-refractivity contribution is -0.127. The van der Waals surface area contributed by atoms with E-state index in [-0.39, 0.29) is 17.5 Å². The molecule has 1 aliphatic carbocycles. The molecule has 0 amide bonds. The van der Waals surface area contributed by atoms with Crippen LogP contribution in [0.2, 0.25) is 0 Å². The molecule has 0 aromatic heterocycles. The molecule has 86 valence electrons. The fourth-order valence-corrected chi connectivity index (χ4v) is 2.67. The second-order valence-corrected chi connectivity index (χ2v) is 4.96. The highest BCUT2D eigenvalue weighted by atomic mass is 16.3. The first-order valence-corrected chi connectivity index (χ1v) is 5.56. The van der Waals surface area contributed by atoms with E-state index in [9.17, 15) is 14.7 Å². The summed E-state index contributed by atoms with van der Waals surface area (Å²) in [6.45, 7) is 5.06. The lowest BCUT2D eigenvalue weighted by Crippen LogP contribution is -2.36. The van der Waals surface area contributed by atoms with Gasteiger partial charge in [0.15, 0.2) is 0 Å². The molecule has 3 atom stereocenters. The maximum Gasteiger partial charge on any atom is 0.133 e. The van der Waals surface area contributed by atoms with Crippen LogP contribution in [0.25, 0.3) is 0 Å². The average molecular weight is 212 g/mol. The summed E-state index contributed by atoms with van der Waals surface area (Å²) in [5.74, 6) is 0.182.